The quantitative estimate of drug-likeness (QED) is 0.466. The van der Waals surface area contributed by atoms with Crippen LogP contribution in [0.2, 0.25) is 5.15 Å². The van der Waals surface area contributed by atoms with Gasteiger partial charge in [0.1, 0.15) is 22.6 Å². The van der Waals surface area contributed by atoms with Crippen molar-refractivity contribution in [3.05, 3.63) is 92.2 Å². The number of aryl methyl sites for hydroxylation is 4. The SMILES string of the molecule is CC1=C(C(=O)Nc2ccc(C)cc2C)C(c2cc3cc(C)cc(C)c3nc2Cl)C(C#N)=C(N)O1. The minimum absolute atomic E-state index is 0.0512. The number of nitrogens with two attached hydrogens (primary N) is 1. The maximum absolute atomic E-state index is 13.6. The van der Waals surface area contributed by atoms with Crippen molar-refractivity contribution in [2.75, 3.05) is 5.32 Å². The Kier molecular flexibility index (Phi) is 6.07. The van der Waals surface area contributed by atoms with Gasteiger partial charge in [0.2, 0.25) is 5.88 Å². The Morgan fingerprint density at radius 2 is 1.79 bits per heavy atom. The van der Waals surface area contributed by atoms with E-state index >= 15 is 0 Å². The number of carbonyl (C=O) groups excluding carboxylic acids is 1. The van der Waals surface area contributed by atoms with E-state index in [1.54, 1.807) is 6.92 Å². The Morgan fingerprint density at radius 1 is 1.09 bits per heavy atom. The number of allylic oxidation sites excluding steroid dienone is 2. The number of amides is 1. The van der Waals surface area contributed by atoms with Crippen LogP contribution in [0.4, 0.5) is 5.69 Å². The Bertz CT molecular complexity index is 1460. The minimum atomic E-state index is -0.824. The van der Waals surface area contributed by atoms with Gasteiger partial charge in [-0.05, 0) is 63.9 Å². The molecule has 0 bridgehead atoms. The van der Waals surface area contributed by atoms with Gasteiger partial charge in [0.25, 0.3) is 5.91 Å². The Hall–Kier alpha value is -3.82. The minimum Gasteiger partial charge on any atom is -0.445 e. The number of nitrogens with one attached hydrogen (secondary N) is 1. The number of carbonyl (C=O) groups is 1. The number of hydrogen-bond donors (Lipinski definition) is 2. The standard InChI is InChI=1S/C27H25ClN4O2/c1-13-6-7-21(15(3)8-13)31-27(33)22-17(5)34-26(30)20(12-29)23(22)19-11-18-10-14(2)9-16(4)24(18)32-25(19)28/h6-11,23H,30H2,1-5H3,(H,31,33). The van der Waals surface area contributed by atoms with Crippen LogP contribution in [-0.2, 0) is 9.53 Å². The maximum Gasteiger partial charge on any atom is 0.256 e. The smallest absolute Gasteiger partial charge is 0.256 e. The molecule has 1 unspecified atom stereocenters. The van der Waals surface area contributed by atoms with E-state index in [1.165, 1.54) is 0 Å². The van der Waals surface area contributed by atoms with Gasteiger partial charge in [-0.15, -0.1) is 0 Å². The molecule has 3 N–H and O–H groups in total. The summed E-state index contributed by atoms with van der Waals surface area (Å²) in [6.07, 6.45) is 0. The lowest BCUT2D eigenvalue weighted by atomic mass is 9.82. The second-order valence-electron chi connectivity index (χ2n) is 8.69. The summed E-state index contributed by atoms with van der Waals surface area (Å²) in [7, 11) is 0. The molecule has 34 heavy (non-hydrogen) atoms. The van der Waals surface area contributed by atoms with Crippen molar-refractivity contribution in [2.45, 2.75) is 40.5 Å². The van der Waals surface area contributed by atoms with E-state index in [9.17, 15) is 10.1 Å². The molecule has 2 aromatic carbocycles. The van der Waals surface area contributed by atoms with Crippen LogP contribution < -0.4 is 11.1 Å². The van der Waals surface area contributed by atoms with Gasteiger partial charge in [0.05, 0.1) is 17.0 Å². The van der Waals surface area contributed by atoms with Crippen LogP contribution in [-0.4, -0.2) is 10.9 Å². The van der Waals surface area contributed by atoms with E-state index in [0.717, 1.165) is 33.2 Å². The van der Waals surface area contributed by atoms with Gasteiger partial charge < -0.3 is 15.8 Å². The molecule has 0 spiro atoms. The number of fused-ring (bicyclic) bond motifs is 1. The first-order chi connectivity index (χ1) is 16.1. The Balaban J connectivity index is 1.88. The highest BCUT2D eigenvalue weighted by molar-refractivity contribution is 6.31. The topological polar surface area (TPSA) is 101 Å². The largest absolute Gasteiger partial charge is 0.445 e. The third-order valence-corrected chi connectivity index (χ3v) is 6.33. The zero-order valence-corrected chi connectivity index (χ0v) is 20.5. The number of halogens is 1. The third kappa shape index (κ3) is 4.11. The molecule has 0 aliphatic carbocycles. The van der Waals surface area contributed by atoms with Crippen molar-refractivity contribution in [3.63, 3.8) is 0 Å². The molecule has 1 aliphatic heterocycles. The van der Waals surface area contributed by atoms with Gasteiger partial charge in [0, 0.05) is 16.6 Å². The van der Waals surface area contributed by atoms with Gasteiger partial charge in [0.15, 0.2) is 0 Å². The Morgan fingerprint density at radius 3 is 2.47 bits per heavy atom. The summed E-state index contributed by atoms with van der Waals surface area (Å²) in [5.74, 6) is -0.967. The number of nitriles is 1. The van der Waals surface area contributed by atoms with Gasteiger partial charge in [-0.3, -0.25) is 4.79 Å². The molecule has 3 aromatic rings. The summed E-state index contributed by atoms with van der Waals surface area (Å²) >= 11 is 6.66. The average Bonchev–Trinajstić information content (AvgIpc) is 2.75. The molecule has 1 aliphatic rings. The highest BCUT2D eigenvalue weighted by Crippen LogP contribution is 2.43. The molecule has 0 radical (unpaired) electrons. The van der Waals surface area contributed by atoms with Crippen molar-refractivity contribution < 1.29 is 9.53 Å². The number of pyridine rings is 1. The summed E-state index contributed by atoms with van der Waals surface area (Å²) in [6.45, 7) is 9.54. The van der Waals surface area contributed by atoms with Crippen LogP contribution in [0.25, 0.3) is 10.9 Å². The summed E-state index contributed by atoms with van der Waals surface area (Å²) in [5, 5.41) is 14.0. The summed E-state index contributed by atoms with van der Waals surface area (Å²) in [5.41, 5.74) is 12.5. The predicted octanol–water partition coefficient (Wildman–Crippen LogP) is 5.84. The number of aromatic nitrogens is 1. The molecule has 6 nitrogen and oxygen atoms in total. The fourth-order valence-electron chi connectivity index (χ4n) is 4.48. The van der Waals surface area contributed by atoms with E-state index in [2.05, 4.69) is 16.4 Å². The highest BCUT2D eigenvalue weighted by atomic mass is 35.5. The number of anilines is 1. The van der Waals surface area contributed by atoms with Crippen LogP contribution in [0, 0.1) is 39.0 Å². The van der Waals surface area contributed by atoms with Gasteiger partial charge in [-0.2, -0.15) is 5.26 Å². The molecule has 0 fully saturated rings. The van der Waals surface area contributed by atoms with E-state index in [0.29, 0.717) is 17.0 Å². The zero-order valence-electron chi connectivity index (χ0n) is 19.7. The van der Waals surface area contributed by atoms with E-state index < -0.39 is 11.8 Å². The normalized spacial score (nSPS) is 15.9. The molecule has 7 heteroatoms. The number of benzene rings is 2. The average molecular weight is 473 g/mol. The molecule has 0 saturated heterocycles. The molecule has 1 amide bonds. The lowest BCUT2D eigenvalue weighted by Gasteiger charge is -2.28. The second-order valence-corrected chi connectivity index (χ2v) is 9.05. The van der Waals surface area contributed by atoms with Crippen LogP contribution in [0.15, 0.2) is 59.2 Å². The first kappa shape index (κ1) is 23.3. The Labute approximate surface area is 203 Å². The fourth-order valence-corrected chi connectivity index (χ4v) is 4.73. The molecule has 172 valence electrons. The highest BCUT2D eigenvalue weighted by Gasteiger charge is 2.37. The van der Waals surface area contributed by atoms with Crippen molar-refractivity contribution in [3.8, 4) is 6.07 Å². The van der Waals surface area contributed by atoms with Gasteiger partial charge in [-0.1, -0.05) is 40.9 Å². The van der Waals surface area contributed by atoms with E-state index in [4.69, 9.17) is 22.1 Å². The zero-order chi connectivity index (χ0) is 24.7. The fraction of sp³-hybridized carbons (Fsp3) is 0.222. The van der Waals surface area contributed by atoms with Crippen molar-refractivity contribution in [1.82, 2.24) is 4.98 Å². The third-order valence-electron chi connectivity index (χ3n) is 6.02. The molecule has 4 rings (SSSR count). The monoisotopic (exact) mass is 472 g/mol. The van der Waals surface area contributed by atoms with Crippen LogP contribution in [0.5, 0.6) is 0 Å². The number of nitrogens with zero attached hydrogens (tertiary/aromatic N) is 2. The first-order valence-electron chi connectivity index (χ1n) is 10.8. The van der Waals surface area contributed by atoms with Gasteiger partial charge in [-0.25, -0.2) is 4.98 Å². The van der Waals surface area contributed by atoms with Crippen molar-refractivity contribution in [1.29, 1.82) is 5.26 Å². The van der Waals surface area contributed by atoms with Crippen LogP contribution >= 0.6 is 11.6 Å². The van der Waals surface area contributed by atoms with Crippen LogP contribution in [0.3, 0.4) is 0 Å². The van der Waals surface area contributed by atoms with E-state index in [1.807, 2.05) is 64.1 Å². The predicted molar refractivity (Wildman–Crippen MR) is 134 cm³/mol. The number of ether oxygens (including phenoxy) is 1. The molecular weight excluding hydrogens is 448 g/mol. The maximum atomic E-state index is 13.6. The summed E-state index contributed by atoms with van der Waals surface area (Å²) in [6, 6.07) is 13.8. The summed E-state index contributed by atoms with van der Waals surface area (Å²) < 4.78 is 5.62. The van der Waals surface area contributed by atoms with E-state index in [-0.39, 0.29) is 22.2 Å². The second kappa shape index (κ2) is 8.85. The molecule has 1 atom stereocenters. The number of rotatable bonds is 3. The lowest BCUT2D eigenvalue weighted by molar-refractivity contribution is -0.113. The first-order valence-corrected chi connectivity index (χ1v) is 11.2. The lowest BCUT2D eigenvalue weighted by Crippen LogP contribution is -2.28. The summed E-state index contributed by atoms with van der Waals surface area (Å²) in [4.78, 5) is 18.2. The molecule has 1 aromatic heterocycles. The van der Waals surface area contributed by atoms with Crippen molar-refractivity contribution >= 4 is 34.1 Å². The molecule has 0 saturated carbocycles. The van der Waals surface area contributed by atoms with Gasteiger partial charge >= 0.3 is 0 Å². The molecule has 2 heterocycles. The van der Waals surface area contributed by atoms with Crippen molar-refractivity contribution in [2.24, 2.45) is 5.73 Å². The number of hydrogen-bond acceptors (Lipinski definition) is 5. The molecular formula is C27H25ClN4O2. The van der Waals surface area contributed by atoms with Crippen LogP contribution in [0.1, 0.15) is 40.7 Å².